The number of rotatable bonds is 4. The van der Waals surface area contributed by atoms with Gasteiger partial charge in [-0.15, -0.1) is 11.3 Å². The van der Waals surface area contributed by atoms with Gasteiger partial charge >= 0.3 is 12.0 Å². The van der Waals surface area contributed by atoms with Gasteiger partial charge in [-0.25, -0.2) is 9.59 Å². The molecule has 2 aromatic rings. The predicted molar refractivity (Wildman–Crippen MR) is 78.0 cm³/mol. The summed E-state index contributed by atoms with van der Waals surface area (Å²) in [7, 11) is 0. The molecule has 0 bridgehead atoms. The van der Waals surface area contributed by atoms with Crippen LogP contribution in [0.3, 0.4) is 0 Å². The number of carbonyl (C=O) groups is 2. The summed E-state index contributed by atoms with van der Waals surface area (Å²) in [6, 6.07) is 9.90. The van der Waals surface area contributed by atoms with Crippen molar-refractivity contribution < 1.29 is 14.7 Å². The first-order valence-corrected chi connectivity index (χ1v) is 6.82. The molecule has 1 heterocycles. The van der Waals surface area contributed by atoms with E-state index < -0.39 is 18.0 Å². The van der Waals surface area contributed by atoms with Crippen LogP contribution in [0.1, 0.15) is 16.5 Å². The molecule has 0 saturated carbocycles. The molecule has 1 aromatic carbocycles. The minimum atomic E-state index is -1.14. The summed E-state index contributed by atoms with van der Waals surface area (Å²) in [5.41, 5.74) is 0.822. The molecule has 0 fully saturated rings. The maximum absolute atomic E-state index is 11.9. The van der Waals surface area contributed by atoms with Gasteiger partial charge in [0.15, 0.2) is 6.04 Å². The highest BCUT2D eigenvalue weighted by Gasteiger charge is 2.22. The van der Waals surface area contributed by atoms with Crippen molar-refractivity contribution in [2.24, 2.45) is 0 Å². The number of anilines is 1. The molecule has 0 aliphatic rings. The number of benzene rings is 1. The van der Waals surface area contributed by atoms with Crippen molar-refractivity contribution in [3.8, 4) is 6.07 Å². The minimum absolute atomic E-state index is 0.404. The van der Waals surface area contributed by atoms with Crippen molar-refractivity contribution in [2.45, 2.75) is 6.04 Å². The maximum Gasteiger partial charge on any atom is 0.331 e. The van der Waals surface area contributed by atoms with E-state index in [2.05, 4.69) is 10.6 Å². The van der Waals surface area contributed by atoms with E-state index in [1.807, 2.05) is 6.07 Å². The average molecular weight is 301 g/mol. The zero-order chi connectivity index (χ0) is 15.2. The van der Waals surface area contributed by atoms with Crippen LogP contribution in [0.2, 0.25) is 0 Å². The minimum Gasteiger partial charge on any atom is -0.479 e. The van der Waals surface area contributed by atoms with Crippen LogP contribution < -0.4 is 10.6 Å². The van der Waals surface area contributed by atoms with E-state index in [4.69, 9.17) is 10.4 Å². The lowest BCUT2D eigenvalue weighted by molar-refractivity contribution is -0.139. The summed E-state index contributed by atoms with van der Waals surface area (Å²) >= 11 is 1.25. The van der Waals surface area contributed by atoms with E-state index >= 15 is 0 Å². The van der Waals surface area contributed by atoms with Crippen LogP contribution in [-0.2, 0) is 4.79 Å². The van der Waals surface area contributed by atoms with Gasteiger partial charge < -0.3 is 15.7 Å². The van der Waals surface area contributed by atoms with Crippen molar-refractivity contribution in [3.63, 3.8) is 0 Å². The van der Waals surface area contributed by atoms with Gasteiger partial charge in [0.05, 0.1) is 11.6 Å². The Morgan fingerprint density at radius 3 is 2.71 bits per heavy atom. The molecule has 7 heteroatoms. The molecule has 1 aromatic heterocycles. The van der Waals surface area contributed by atoms with Gasteiger partial charge in [-0.2, -0.15) is 5.26 Å². The van der Waals surface area contributed by atoms with Crippen molar-refractivity contribution >= 4 is 29.0 Å². The Morgan fingerprint density at radius 1 is 1.29 bits per heavy atom. The summed E-state index contributed by atoms with van der Waals surface area (Å²) in [5, 5.41) is 24.6. The Kier molecular flexibility index (Phi) is 4.53. The number of carboxylic acids is 1. The van der Waals surface area contributed by atoms with Crippen LogP contribution >= 0.6 is 11.3 Å². The zero-order valence-corrected chi connectivity index (χ0v) is 11.6. The third-order valence-electron chi connectivity index (χ3n) is 2.60. The fourth-order valence-electron chi connectivity index (χ4n) is 1.67. The number of nitrogens with zero attached hydrogens (tertiary/aromatic N) is 1. The molecule has 0 aliphatic carbocycles. The van der Waals surface area contributed by atoms with Crippen molar-refractivity contribution in [1.82, 2.24) is 5.32 Å². The molecule has 1 unspecified atom stereocenters. The van der Waals surface area contributed by atoms with E-state index in [0.717, 1.165) is 0 Å². The van der Waals surface area contributed by atoms with Crippen LogP contribution in [0.4, 0.5) is 10.5 Å². The van der Waals surface area contributed by atoms with Crippen molar-refractivity contribution in [3.05, 3.63) is 52.2 Å². The number of carboxylic acid groups (broad SMARTS) is 1. The molecule has 3 N–H and O–H groups in total. The number of hydrogen-bond donors (Lipinski definition) is 3. The lowest BCUT2D eigenvalue weighted by Gasteiger charge is -2.13. The topological polar surface area (TPSA) is 102 Å². The molecular formula is C14H11N3O3S. The van der Waals surface area contributed by atoms with E-state index in [1.165, 1.54) is 17.4 Å². The van der Waals surface area contributed by atoms with E-state index in [-0.39, 0.29) is 0 Å². The number of hydrogen-bond acceptors (Lipinski definition) is 4. The molecule has 1 atom stereocenters. The largest absolute Gasteiger partial charge is 0.479 e. The summed E-state index contributed by atoms with van der Waals surface area (Å²) in [6.45, 7) is 0. The Balaban J connectivity index is 2.06. The van der Waals surface area contributed by atoms with E-state index in [9.17, 15) is 9.59 Å². The third kappa shape index (κ3) is 3.81. The Labute approximate surface area is 124 Å². The number of carbonyl (C=O) groups excluding carboxylic acids is 1. The van der Waals surface area contributed by atoms with E-state index in [1.54, 1.807) is 35.7 Å². The van der Waals surface area contributed by atoms with Crippen molar-refractivity contribution in [2.75, 3.05) is 5.32 Å². The second kappa shape index (κ2) is 6.54. The fraction of sp³-hybridized carbons (Fsp3) is 0.0714. The lowest BCUT2D eigenvalue weighted by atomic mass is 10.2. The number of nitriles is 1. The molecule has 0 spiro atoms. The number of urea groups is 1. The monoisotopic (exact) mass is 301 g/mol. The second-order valence-corrected chi connectivity index (χ2v) is 5.06. The van der Waals surface area contributed by atoms with Crippen molar-refractivity contribution in [1.29, 1.82) is 5.26 Å². The zero-order valence-electron chi connectivity index (χ0n) is 10.7. The van der Waals surface area contributed by atoms with Crippen LogP contribution in [0.25, 0.3) is 0 Å². The van der Waals surface area contributed by atoms with Gasteiger partial charge in [0.1, 0.15) is 0 Å². The molecule has 0 aliphatic heterocycles. The molecule has 0 saturated heterocycles. The van der Waals surface area contributed by atoms with Gasteiger partial charge in [0.2, 0.25) is 0 Å². The van der Waals surface area contributed by atoms with Gasteiger partial charge in [-0.05, 0) is 29.6 Å². The number of nitrogens with one attached hydrogen (secondary N) is 2. The lowest BCUT2D eigenvalue weighted by Crippen LogP contribution is -2.36. The normalized spacial score (nSPS) is 11.2. The first-order chi connectivity index (χ1) is 10.1. The Hall–Kier alpha value is -2.85. The number of amides is 2. The first kappa shape index (κ1) is 14.6. The first-order valence-electron chi connectivity index (χ1n) is 5.94. The SMILES string of the molecule is N#Cc1cccc(NC(=O)NC(C(=O)O)c2cccs2)c1. The standard InChI is InChI=1S/C14H11N3O3S/c15-8-9-3-1-4-10(7-9)16-14(20)17-12(13(18)19)11-5-2-6-21-11/h1-7,12H,(H,18,19)(H2,16,17,20). The second-order valence-electron chi connectivity index (χ2n) is 4.08. The van der Waals surface area contributed by atoms with E-state index in [0.29, 0.717) is 16.1 Å². The Morgan fingerprint density at radius 2 is 2.10 bits per heavy atom. The molecular weight excluding hydrogens is 290 g/mol. The molecule has 106 valence electrons. The van der Waals surface area contributed by atoms with Gasteiger partial charge in [0, 0.05) is 10.6 Å². The summed E-state index contributed by atoms with van der Waals surface area (Å²) in [4.78, 5) is 23.6. The van der Waals surface area contributed by atoms with Gasteiger partial charge in [-0.3, -0.25) is 0 Å². The van der Waals surface area contributed by atoms with Crippen LogP contribution in [0.5, 0.6) is 0 Å². The predicted octanol–water partition coefficient (Wildman–Crippen LogP) is 2.57. The van der Waals surface area contributed by atoms with Crippen LogP contribution in [0.15, 0.2) is 41.8 Å². The van der Waals surface area contributed by atoms with Gasteiger partial charge in [0.25, 0.3) is 0 Å². The molecule has 2 rings (SSSR count). The molecule has 0 radical (unpaired) electrons. The average Bonchev–Trinajstić information content (AvgIpc) is 2.98. The smallest absolute Gasteiger partial charge is 0.331 e. The summed E-state index contributed by atoms with van der Waals surface area (Å²) in [5.74, 6) is -1.14. The molecule has 21 heavy (non-hydrogen) atoms. The maximum atomic E-state index is 11.9. The quantitative estimate of drug-likeness (QED) is 0.807. The highest BCUT2D eigenvalue weighted by atomic mass is 32.1. The Bertz CT molecular complexity index is 692. The highest BCUT2D eigenvalue weighted by molar-refractivity contribution is 7.10. The van der Waals surface area contributed by atoms with Crippen LogP contribution in [0, 0.1) is 11.3 Å². The van der Waals surface area contributed by atoms with Crippen LogP contribution in [-0.4, -0.2) is 17.1 Å². The van der Waals surface area contributed by atoms with Gasteiger partial charge in [-0.1, -0.05) is 12.1 Å². The third-order valence-corrected chi connectivity index (χ3v) is 3.54. The highest BCUT2D eigenvalue weighted by Crippen LogP contribution is 2.19. The number of thiophene rings is 1. The summed E-state index contributed by atoms with van der Waals surface area (Å²) in [6.07, 6.45) is 0. The molecule has 6 nitrogen and oxygen atoms in total. The summed E-state index contributed by atoms with van der Waals surface area (Å²) < 4.78 is 0. The number of aliphatic carboxylic acids is 1. The molecule has 2 amide bonds. The fourth-order valence-corrected chi connectivity index (χ4v) is 2.44.